The zero-order valence-electron chi connectivity index (χ0n) is 22.3. The van der Waals surface area contributed by atoms with Crippen molar-refractivity contribution in [3.8, 4) is 5.75 Å². The van der Waals surface area contributed by atoms with Gasteiger partial charge in [0, 0.05) is 36.8 Å². The summed E-state index contributed by atoms with van der Waals surface area (Å²) < 4.78 is 63.8. The molecule has 0 aliphatic rings. The summed E-state index contributed by atoms with van der Waals surface area (Å²) in [5.41, 5.74) is -0.0202. The molecule has 0 spiro atoms. The highest BCUT2D eigenvalue weighted by Gasteiger charge is 2.34. The number of likely N-dealkylation sites (N-methyl/N-ethyl adjacent to an activating group) is 1. The molecule has 2 amide bonds. The van der Waals surface area contributed by atoms with Crippen LogP contribution in [0.4, 0.5) is 19.3 Å². The van der Waals surface area contributed by atoms with Gasteiger partial charge in [0.1, 0.15) is 24.0 Å². The minimum absolute atomic E-state index is 0.130. The van der Waals surface area contributed by atoms with Crippen LogP contribution in [-0.4, -0.2) is 57.5 Å². The van der Waals surface area contributed by atoms with Crippen LogP contribution in [0.25, 0.3) is 0 Å². The number of nitrogens with zero attached hydrogens (tertiary/aromatic N) is 3. The minimum atomic E-state index is -4.38. The van der Waals surface area contributed by atoms with Crippen LogP contribution in [0.15, 0.2) is 71.6 Å². The Hall–Kier alpha value is -3.37. The van der Waals surface area contributed by atoms with Crippen LogP contribution in [0.2, 0.25) is 5.02 Å². The van der Waals surface area contributed by atoms with Crippen LogP contribution in [0.5, 0.6) is 5.75 Å². The van der Waals surface area contributed by atoms with E-state index in [1.54, 1.807) is 48.0 Å². The maximum absolute atomic E-state index is 15.0. The molecule has 0 N–H and O–H groups in total. The summed E-state index contributed by atoms with van der Waals surface area (Å²) in [4.78, 5) is 15.6. The van der Waals surface area contributed by atoms with E-state index in [0.717, 1.165) is 22.5 Å². The highest BCUT2D eigenvalue weighted by atomic mass is 35.5. The van der Waals surface area contributed by atoms with Gasteiger partial charge in [-0.3, -0.25) is 4.31 Å². The van der Waals surface area contributed by atoms with Gasteiger partial charge in [0.2, 0.25) is 0 Å². The van der Waals surface area contributed by atoms with Crippen molar-refractivity contribution in [2.45, 2.75) is 31.7 Å². The van der Waals surface area contributed by atoms with E-state index in [-0.39, 0.29) is 24.1 Å². The Morgan fingerprint density at radius 2 is 1.64 bits per heavy atom. The molecule has 0 saturated carbocycles. The van der Waals surface area contributed by atoms with Crippen LogP contribution >= 0.6 is 11.6 Å². The number of carbonyl (C=O) groups is 1. The standard InChI is InChI=1S/C28H32ClF2N3O4S/c1-5-33(6-2)28(35)32(4)17-18-38-27-10-8-7-9-24(27)20(3)34(26-19-22(30)13-16-25(26)31)39(36,37)23-14-11-21(29)12-15-23/h7-16,19-20H,5-6,17-18H2,1-4H3. The Labute approximate surface area is 233 Å². The maximum atomic E-state index is 15.0. The quantitative estimate of drug-likeness (QED) is 0.265. The van der Waals surface area contributed by atoms with Gasteiger partial charge in [0.25, 0.3) is 10.0 Å². The third-order valence-electron chi connectivity index (χ3n) is 6.28. The van der Waals surface area contributed by atoms with Crippen molar-refractivity contribution < 1.29 is 26.7 Å². The van der Waals surface area contributed by atoms with Crippen LogP contribution in [0, 0.1) is 11.6 Å². The first-order chi connectivity index (χ1) is 18.5. The lowest BCUT2D eigenvalue weighted by Crippen LogP contribution is -2.42. The number of para-hydroxylation sites is 1. The number of anilines is 1. The lowest BCUT2D eigenvalue weighted by molar-refractivity contribution is 0.158. The fourth-order valence-electron chi connectivity index (χ4n) is 4.13. The molecule has 210 valence electrons. The van der Waals surface area contributed by atoms with Gasteiger partial charge in [-0.05, 0) is 63.2 Å². The average molecular weight is 580 g/mol. The summed E-state index contributed by atoms with van der Waals surface area (Å²) in [6.07, 6.45) is 0. The van der Waals surface area contributed by atoms with Gasteiger partial charge in [-0.15, -0.1) is 0 Å². The van der Waals surface area contributed by atoms with Gasteiger partial charge in [-0.2, -0.15) is 0 Å². The molecule has 7 nitrogen and oxygen atoms in total. The maximum Gasteiger partial charge on any atom is 0.319 e. The van der Waals surface area contributed by atoms with Crippen molar-refractivity contribution in [2.24, 2.45) is 0 Å². The largest absolute Gasteiger partial charge is 0.491 e. The second-order valence-corrected chi connectivity index (χ2v) is 11.0. The van der Waals surface area contributed by atoms with Crippen molar-refractivity contribution in [2.75, 3.05) is 37.6 Å². The number of carbonyl (C=O) groups excluding carboxylic acids is 1. The number of benzene rings is 3. The number of urea groups is 1. The molecule has 0 fully saturated rings. The van der Waals surface area contributed by atoms with Gasteiger partial charge in [-0.25, -0.2) is 22.0 Å². The topological polar surface area (TPSA) is 70.2 Å². The first kappa shape index (κ1) is 30.2. The monoisotopic (exact) mass is 579 g/mol. The zero-order valence-corrected chi connectivity index (χ0v) is 23.8. The van der Waals surface area contributed by atoms with E-state index in [4.69, 9.17) is 16.3 Å². The molecule has 0 aliphatic heterocycles. The molecular formula is C28H32ClF2N3O4S. The molecule has 0 saturated heterocycles. The van der Waals surface area contributed by atoms with Gasteiger partial charge in [0.15, 0.2) is 0 Å². The summed E-state index contributed by atoms with van der Waals surface area (Å²) in [6, 6.07) is 13.7. The molecule has 0 radical (unpaired) electrons. The molecule has 1 atom stereocenters. The molecule has 0 heterocycles. The normalized spacial score (nSPS) is 12.1. The van der Waals surface area contributed by atoms with Crippen LogP contribution < -0.4 is 9.04 Å². The lowest BCUT2D eigenvalue weighted by atomic mass is 10.1. The van der Waals surface area contributed by atoms with E-state index in [9.17, 15) is 17.6 Å². The molecular weight excluding hydrogens is 548 g/mol. The van der Waals surface area contributed by atoms with Crippen molar-refractivity contribution >= 4 is 33.3 Å². The SMILES string of the molecule is CCN(CC)C(=O)N(C)CCOc1ccccc1C(C)N(c1cc(F)ccc1F)S(=O)(=O)c1ccc(Cl)cc1. The number of hydrogen-bond acceptors (Lipinski definition) is 4. The molecule has 3 aromatic carbocycles. The summed E-state index contributed by atoms with van der Waals surface area (Å²) in [5, 5.41) is 0.327. The van der Waals surface area contributed by atoms with E-state index < -0.39 is 33.4 Å². The summed E-state index contributed by atoms with van der Waals surface area (Å²) in [5.74, 6) is -1.35. The van der Waals surface area contributed by atoms with Crippen LogP contribution in [-0.2, 0) is 10.0 Å². The molecule has 3 aromatic rings. The Balaban J connectivity index is 1.97. The summed E-state index contributed by atoms with van der Waals surface area (Å²) in [7, 11) is -2.71. The zero-order chi connectivity index (χ0) is 28.7. The molecule has 39 heavy (non-hydrogen) atoms. The average Bonchev–Trinajstić information content (AvgIpc) is 2.91. The van der Waals surface area contributed by atoms with Crippen molar-refractivity contribution in [3.63, 3.8) is 0 Å². The predicted molar refractivity (Wildman–Crippen MR) is 149 cm³/mol. The third-order valence-corrected chi connectivity index (χ3v) is 8.43. The molecule has 0 aromatic heterocycles. The lowest BCUT2D eigenvalue weighted by Gasteiger charge is -2.32. The number of ether oxygens (including phenoxy) is 1. The second-order valence-electron chi connectivity index (χ2n) is 8.79. The van der Waals surface area contributed by atoms with Crippen molar-refractivity contribution in [1.29, 1.82) is 0 Å². The predicted octanol–water partition coefficient (Wildman–Crippen LogP) is 6.35. The Morgan fingerprint density at radius 3 is 2.28 bits per heavy atom. The van der Waals surface area contributed by atoms with Gasteiger partial charge < -0.3 is 14.5 Å². The van der Waals surface area contributed by atoms with Crippen molar-refractivity contribution in [1.82, 2.24) is 9.80 Å². The van der Waals surface area contributed by atoms with E-state index >= 15 is 4.39 Å². The van der Waals surface area contributed by atoms with Crippen LogP contribution in [0.1, 0.15) is 32.4 Å². The van der Waals surface area contributed by atoms with E-state index in [1.165, 1.54) is 24.3 Å². The second kappa shape index (κ2) is 13.1. The minimum Gasteiger partial charge on any atom is -0.491 e. The third kappa shape index (κ3) is 6.99. The smallest absolute Gasteiger partial charge is 0.319 e. The number of rotatable bonds is 11. The molecule has 3 rings (SSSR count). The van der Waals surface area contributed by atoms with Crippen LogP contribution in [0.3, 0.4) is 0 Å². The first-order valence-electron chi connectivity index (χ1n) is 12.5. The van der Waals surface area contributed by atoms with Crippen molar-refractivity contribution in [3.05, 3.63) is 89.0 Å². The Kier molecular flexibility index (Phi) is 10.2. The molecule has 1 unspecified atom stereocenters. The Bertz CT molecular complexity index is 1390. The number of hydrogen-bond donors (Lipinski definition) is 0. The van der Waals surface area contributed by atoms with E-state index in [0.29, 0.717) is 29.4 Å². The van der Waals surface area contributed by atoms with Gasteiger partial charge in [0.05, 0.1) is 23.2 Å². The number of halogens is 3. The van der Waals surface area contributed by atoms with E-state index in [1.807, 2.05) is 13.8 Å². The Morgan fingerprint density at radius 1 is 1.00 bits per heavy atom. The number of sulfonamides is 1. The number of amides is 2. The van der Waals surface area contributed by atoms with Gasteiger partial charge in [-0.1, -0.05) is 29.8 Å². The van der Waals surface area contributed by atoms with E-state index in [2.05, 4.69) is 0 Å². The highest BCUT2D eigenvalue weighted by Crippen LogP contribution is 2.38. The first-order valence-corrected chi connectivity index (χ1v) is 14.3. The summed E-state index contributed by atoms with van der Waals surface area (Å²) >= 11 is 5.95. The fourth-order valence-corrected chi connectivity index (χ4v) is 5.89. The molecule has 11 heteroatoms. The highest BCUT2D eigenvalue weighted by molar-refractivity contribution is 7.92. The summed E-state index contributed by atoms with van der Waals surface area (Å²) in [6.45, 7) is 6.93. The molecule has 0 aliphatic carbocycles. The van der Waals surface area contributed by atoms with Gasteiger partial charge >= 0.3 is 6.03 Å². The molecule has 0 bridgehead atoms. The fraction of sp³-hybridized carbons (Fsp3) is 0.321.